The number of alkyl carbamates (subject to hydrolysis) is 1. The van der Waals surface area contributed by atoms with Crippen LogP contribution in [0, 0.1) is 0 Å². The molecule has 1 unspecified atom stereocenters. The molecule has 2 aromatic carbocycles. The fourth-order valence-electron chi connectivity index (χ4n) is 2.52. The van der Waals surface area contributed by atoms with E-state index < -0.39 is 29.6 Å². The van der Waals surface area contributed by atoms with Crippen LogP contribution in [0.25, 0.3) is 10.8 Å². The van der Waals surface area contributed by atoms with Gasteiger partial charge in [-0.1, -0.05) is 49.4 Å². The van der Waals surface area contributed by atoms with E-state index in [4.69, 9.17) is 4.74 Å². The average molecular weight is 329 g/mol. The number of benzene rings is 2. The molecule has 0 aliphatic carbocycles. The predicted molar refractivity (Wildman–Crippen MR) is 93.2 cm³/mol. The van der Waals surface area contributed by atoms with Crippen molar-refractivity contribution in [3.63, 3.8) is 0 Å². The van der Waals surface area contributed by atoms with Crippen LogP contribution < -0.4 is 5.32 Å². The third kappa shape index (κ3) is 4.47. The van der Waals surface area contributed by atoms with Crippen LogP contribution in [0.4, 0.5) is 4.79 Å². The van der Waals surface area contributed by atoms with Crippen molar-refractivity contribution in [2.24, 2.45) is 0 Å². The van der Waals surface area contributed by atoms with Crippen molar-refractivity contribution in [1.82, 2.24) is 5.32 Å². The molecule has 0 heterocycles. The molecule has 2 rings (SSSR count). The van der Waals surface area contributed by atoms with Crippen molar-refractivity contribution in [2.75, 3.05) is 0 Å². The molecule has 5 heteroatoms. The summed E-state index contributed by atoms with van der Waals surface area (Å²) in [6, 6.07) is 12.6. The average Bonchev–Trinajstić information content (AvgIpc) is 2.49. The molecule has 2 aromatic rings. The SMILES string of the molecule is CC(c1ccc2ccccc2c1)[C@@H](NC(=O)OC(C)(C)C)C(=O)O. The molecule has 0 saturated heterocycles. The van der Waals surface area contributed by atoms with Crippen molar-refractivity contribution >= 4 is 22.8 Å². The summed E-state index contributed by atoms with van der Waals surface area (Å²) in [6.45, 7) is 6.97. The van der Waals surface area contributed by atoms with Gasteiger partial charge in [-0.15, -0.1) is 0 Å². The maximum absolute atomic E-state index is 11.9. The molecule has 24 heavy (non-hydrogen) atoms. The third-order valence-electron chi connectivity index (χ3n) is 3.74. The Labute approximate surface area is 141 Å². The van der Waals surface area contributed by atoms with Gasteiger partial charge >= 0.3 is 12.1 Å². The minimum atomic E-state index is -1.10. The fourth-order valence-corrected chi connectivity index (χ4v) is 2.52. The quantitative estimate of drug-likeness (QED) is 0.891. The zero-order chi connectivity index (χ0) is 17.9. The Bertz CT molecular complexity index is 748. The summed E-state index contributed by atoms with van der Waals surface area (Å²) < 4.78 is 5.16. The molecule has 0 aliphatic rings. The van der Waals surface area contributed by atoms with E-state index in [-0.39, 0.29) is 0 Å². The summed E-state index contributed by atoms with van der Waals surface area (Å²) in [7, 11) is 0. The van der Waals surface area contributed by atoms with Gasteiger partial charge < -0.3 is 15.2 Å². The molecule has 2 N–H and O–H groups in total. The number of carboxylic acid groups (broad SMARTS) is 1. The molecular weight excluding hydrogens is 306 g/mol. The molecule has 0 saturated carbocycles. The summed E-state index contributed by atoms with van der Waals surface area (Å²) in [5, 5.41) is 14.1. The van der Waals surface area contributed by atoms with Crippen LogP contribution in [0.15, 0.2) is 42.5 Å². The summed E-state index contributed by atoms with van der Waals surface area (Å²) in [4.78, 5) is 23.5. The summed E-state index contributed by atoms with van der Waals surface area (Å²) in [5.41, 5.74) is 0.163. The van der Waals surface area contributed by atoms with Gasteiger partial charge in [0.25, 0.3) is 0 Å². The first-order valence-electron chi connectivity index (χ1n) is 7.88. The number of hydrogen-bond acceptors (Lipinski definition) is 3. The number of nitrogens with one attached hydrogen (secondary N) is 1. The fraction of sp³-hybridized carbons (Fsp3) is 0.368. The number of carbonyl (C=O) groups is 2. The van der Waals surface area contributed by atoms with Crippen molar-refractivity contribution in [1.29, 1.82) is 0 Å². The van der Waals surface area contributed by atoms with E-state index in [1.165, 1.54) is 0 Å². The van der Waals surface area contributed by atoms with Crippen LogP contribution in [0.3, 0.4) is 0 Å². The maximum atomic E-state index is 11.9. The Hall–Kier alpha value is -2.56. The molecule has 2 atom stereocenters. The molecule has 1 amide bonds. The second-order valence-electron chi connectivity index (χ2n) is 6.86. The highest BCUT2D eigenvalue weighted by Gasteiger charge is 2.29. The third-order valence-corrected chi connectivity index (χ3v) is 3.74. The number of carboxylic acids is 1. The maximum Gasteiger partial charge on any atom is 0.408 e. The molecule has 0 radical (unpaired) electrons. The van der Waals surface area contributed by atoms with Gasteiger partial charge in [-0.25, -0.2) is 9.59 Å². The van der Waals surface area contributed by atoms with Gasteiger partial charge in [0, 0.05) is 5.92 Å². The molecule has 0 bridgehead atoms. The lowest BCUT2D eigenvalue weighted by Gasteiger charge is -2.25. The van der Waals surface area contributed by atoms with Crippen LogP contribution in [0.1, 0.15) is 39.2 Å². The number of carbonyl (C=O) groups excluding carboxylic acids is 1. The highest BCUT2D eigenvalue weighted by atomic mass is 16.6. The number of rotatable bonds is 4. The van der Waals surface area contributed by atoms with Gasteiger partial charge in [-0.3, -0.25) is 0 Å². The normalized spacial score (nSPS) is 14.0. The lowest BCUT2D eigenvalue weighted by molar-refractivity contribution is -0.140. The smallest absolute Gasteiger partial charge is 0.408 e. The van der Waals surface area contributed by atoms with Crippen LogP contribution in [0.2, 0.25) is 0 Å². The zero-order valence-electron chi connectivity index (χ0n) is 14.4. The summed E-state index contributed by atoms with van der Waals surface area (Å²) >= 11 is 0. The second-order valence-corrected chi connectivity index (χ2v) is 6.86. The van der Waals surface area contributed by atoms with Crippen molar-refractivity contribution < 1.29 is 19.4 Å². The highest BCUT2D eigenvalue weighted by Crippen LogP contribution is 2.24. The van der Waals surface area contributed by atoms with Crippen LogP contribution >= 0.6 is 0 Å². The van der Waals surface area contributed by atoms with Gasteiger partial charge in [-0.05, 0) is 37.1 Å². The van der Waals surface area contributed by atoms with E-state index in [0.29, 0.717) is 0 Å². The first-order chi connectivity index (χ1) is 11.2. The molecule has 0 aromatic heterocycles. The van der Waals surface area contributed by atoms with Crippen LogP contribution in [-0.2, 0) is 9.53 Å². The second kappa shape index (κ2) is 6.91. The number of fused-ring (bicyclic) bond motifs is 1. The van der Waals surface area contributed by atoms with Gasteiger partial charge in [0.2, 0.25) is 0 Å². The van der Waals surface area contributed by atoms with Crippen molar-refractivity contribution in [2.45, 2.75) is 45.3 Å². The van der Waals surface area contributed by atoms with Crippen LogP contribution in [0.5, 0.6) is 0 Å². The Morgan fingerprint density at radius 1 is 1.08 bits per heavy atom. The monoisotopic (exact) mass is 329 g/mol. The van der Waals surface area contributed by atoms with Crippen molar-refractivity contribution in [3.05, 3.63) is 48.0 Å². The molecule has 0 fully saturated rings. The van der Waals surface area contributed by atoms with E-state index in [1.54, 1.807) is 27.7 Å². The first kappa shape index (κ1) is 17.8. The highest BCUT2D eigenvalue weighted by molar-refractivity contribution is 5.84. The predicted octanol–water partition coefficient (Wildman–Crippen LogP) is 3.92. The van der Waals surface area contributed by atoms with Gasteiger partial charge in [0.15, 0.2) is 0 Å². The standard InChI is InChI=1S/C19H23NO4/c1-12(14-10-9-13-7-5-6-8-15(13)11-14)16(17(21)22)20-18(23)24-19(2,3)4/h5-12,16H,1-4H3,(H,20,23)(H,21,22)/t12?,16-/m1/s1. The zero-order valence-corrected chi connectivity index (χ0v) is 14.4. The van der Waals surface area contributed by atoms with Crippen molar-refractivity contribution in [3.8, 4) is 0 Å². The lowest BCUT2D eigenvalue weighted by Crippen LogP contribution is -2.46. The first-order valence-corrected chi connectivity index (χ1v) is 7.88. The van der Waals surface area contributed by atoms with Gasteiger partial charge in [-0.2, -0.15) is 0 Å². The minimum absolute atomic E-state index is 0.403. The summed E-state index contributed by atoms with van der Waals surface area (Å²) in [6.07, 6.45) is -0.734. The number of hydrogen-bond donors (Lipinski definition) is 2. The number of aliphatic carboxylic acids is 1. The molecule has 128 valence electrons. The Morgan fingerprint density at radius 3 is 2.29 bits per heavy atom. The topological polar surface area (TPSA) is 75.6 Å². The van der Waals surface area contributed by atoms with E-state index in [1.807, 2.05) is 42.5 Å². The van der Waals surface area contributed by atoms with Gasteiger partial charge in [0.05, 0.1) is 0 Å². The molecule has 0 aliphatic heterocycles. The summed E-state index contributed by atoms with van der Waals surface area (Å²) in [5.74, 6) is -1.50. The Morgan fingerprint density at radius 2 is 1.71 bits per heavy atom. The number of ether oxygens (including phenoxy) is 1. The van der Waals surface area contributed by atoms with Crippen LogP contribution in [-0.4, -0.2) is 28.8 Å². The largest absolute Gasteiger partial charge is 0.480 e. The minimum Gasteiger partial charge on any atom is -0.480 e. The molecular formula is C19H23NO4. The van der Waals surface area contributed by atoms with E-state index in [0.717, 1.165) is 16.3 Å². The van der Waals surface area contributed by atoms with E-state index >= 15 is 0 Å². The molecule has 0 spiro atoms. The number of amides is 1. The Balaban J connectivity index is 2.22. The van der Waals surface area contributed by atoms with E-state index in [2.05, 4.69) is 5.32 Å². The molecule has 5 nitrogen and oxygen atoms in total. The Kier molecular flexibility index (Phi) is 5.12. The lowest BCUT2D eigenvalue weighted by atomic mass is 9.91. The van der Waals surface area contributed by atoms with Gasteiger partial charge in [0.1, 0.15) is 11.6 Å². The van der Waals surface area contributed by atoms with E-state index in [9.17, 15) is 14.7 Å².